The maximum Gasteiger partial charge on any atom is 0.460 e. The molecule has 0 aromatic heterocycles. The number of halogens is 15. The van der Waals surface area contributed by atoms with Crippen molar-refractivity contribution in [3.8, 4) is 17.2 Å². The van der Waals surface area contributed by atoms with Gasteiger partial charge in [0.25, 0.3) is 0 Å². The number of methoxy groups -OCH3 is 3. The van der Waals surface area contributed by atoms with Gasteiger partial charge in [0.2, 0.25) is 0 Å². The van der Waals surface area contributed by atoms with Gasteiger partial charge in [-0.05, 0) is 83.1 Å². The Labute approximate surface area is 273 Å². The van der Waals surface area contributed by atoms with Crippen LogP contribution in [0.5, 0.6) is 17.2 Å². The Kier molecular flexibility index (Phi) is 10.6. The highest BCUT2D eigenvalue weighted by atomic mass is 32.3. The highest BCUT2D eigenvalue weighted by molar-refractivity contribution is 8.30. The molecule has 0 N–H and O–H groups in total. The minimum atomic E-state index is -8.59. The zero-order chi connectivity index (χ0) is 38.4. The first-order valence-electron chi connectivity index (χ1n) is 13.1. The van der Waals surface area contributed by atoms with Crippen LogP contribution in [0.3, 0.4) is 0 Å². The number of carbonyl (C=O) groups is 1. The number of hydrogen-bond donors (Lipinski definition) is 0. The summed E-state index contributed by atoms with van der Waals surface area (Å²) in [5, 5.41) is 0. The van der Waals surface area contributed by atoms with Crippen LogP contribution in [0.2, 0.25) is 0 Å². The van der Waals surface area contributed by atoms with Crippen LogP contribution in [-0.2, 0) is 8.98 Å². The molecule has 0 bridgehead atoms. The maximum absolute atomic E-state index is 15.2. The average Bonchev–Trinajstić information content (AvgIpc) is 3.06. The SMILES string of the molecule is COc1ccc(S(OC(=O)C(F)(F)C(F)(F)C(F)(F)C(F)(F)C(F)(F)C(F)(F)C(F)(F)F)(c2ccc(OC)cc2)c2ccc(OC)cc2)cc1. The van der Waals surface area contributed by atoms with Gasteiger partial charge in [0.05, 0.1) is 21.3 Å². The monoisotopic (exact) mass is 766 g/mol. The number of alkyl halides is 15. The fourth-order valence-corrected chi connectivity index (χ4v) is 7.11. The lowest BCUT2D eigenvalue weighted by atomic mass is 9.91. The molecule has 0 radical (unpaired) electrons. The third-order valence-electron chi connectivity index (χ3n) is 6.96. The predicted octanol–water partition coefficient (Wildman–Crippen LogP) is 9.83. The molecule has 0 aliphatic rings. The number of benzene rings is 3. The zero-order valence-corrected chi connectivity index (χ0v) is 25.9. The lowest BCUT2D eigenvalue weighted by Gasteiger charge is -2.43. The van der Waals surface area contributed by atoms with E-state index in [0.717, 1.165) is 72.8 Å². The van der Waals surface area contributed by atoms with Gasteiger partial charge in [-0.2, -0.15) is 65.9 Å². The van der Waals surface area contributed by atoms with Gasteiger partial charge in [-0.1, -0.05) is 0 Å². The Bertz CT molecular complexity index is 1530. The van der Waals surface area contributed by atoms with Crippen LogP contribution in [0, 0.1) is 0 Å². The van der Waals surface area contributed by atoms with Crippen LogP contribution in [0.15, 0.2) is 87.5 Å². The number of carbonyl (C=O) groups excluding carboxylic acids is 1. The van der Waals surface area contributed by atoms with Crippen molar-refractivity contribution in [2.24, 2.45) is 0 Å². The molecular formula is C29H21F15O5S. The molecule has 0 atom stereocenters. The third-order valence-corrected chi connectivity index (χ3v) is 10.2. The van der Waals surface area contributed by atoms with E-state index in [-0.39, 0.29) is 31.9 Å². The molecule has 0 saturated heterocycles. The Hall–Kier alpha value is -4.17. The van der Waals surface area contributed by atoms with Crippen LogP contribution in [0.4, 0.5) is 65.9 Å². The molecule has 0 aliphatic heterocycles. The predicted molar refractivity (Wildman–Crippen MR) is 143 cm³/mol. The second-order valence-electron chi connectivity index (χ2n) is 9.90. The molecule has 0 fully saturated rings. The van der Waals surface area contributed by atoms with E-state index in [9.17, 15) is 61.9 Å². The van der Waals surface area contributed by atoms with Gasteiger partial charge in [0, 0.05) is 14.7 Å². The van der Waals surface area contributed by atoms with Crippen LogP contribution in [-0.4, -0.2) is 69.0 Å². The van der Waals surface area contributed by atoms with E-state index >= 15 is 8.78 Å². The summed E-state index contributed by atoms with van der Waals surface area (Å²) >= 11 is 0. The summed E-state index contributed by atoms with van der Waals surface area (Å²) in [5.74, 6) is -52.8. The second-order valence-corrected chi connectivity index (χ2v) is 12.6. The quantitative estimate of drug-likeness (QED) is 0.162. The van der Waals surface area contributed by atoms with Crippen LogP contribution in [0.1, 0.15) is 0 Å². The van der Waals surface area contributed by atoms with E-state index in [1.807, 2.05) is 0 Å². The van der Waals surface area contributed by atoms with Gasteiger partial charge in [0.1, 0.15) is 17.2 Å². The highest BCUT2D eigenvalue weighted by Gasteiger charge is 2.94. The van der Waals surface area contributed by atoms with Crippen molar-refractivity contribution in [1.82, 2.24) is 0 Å². The Balaban J connectivity index is 2.31. The first kappa shape index (κ1) is 40.3. The standard InChI is InChI=1S/C29H21F15O5S/c1-46-16-4-10-19(11-5-16)50(20-12-6-17(47-2)7-13-20,21-14-8-18(48-3)9-15-21)49-22(45)23(30,31)24(32,33)25(34,35)26(36,37)27(38,39)28(40,41)29(42,43)44/h4-15H,1-3H3. The van der Waals surface area contributed by atoms with Gasteiger partial charge >= 0.3 is 47.7 Å². The fourth-order valence-electron chi connectivity index (χ4n) is 4.12. The lowest BCUT2D eigenvalue weighted by Crippen LogP contribution is -2.73. The molecule has 0 aliphatic carbocycles. The normalized spacial score (nSPS) is 14.2. The smallest absolute Gasteiger partial charge is 0.460 e. The maximum atomic E-state index is 15.2. The minimum absolute atomic E-state index is 0.0631. The average molecular weight is 767 g/mol. The largest absolute Gasteiger partial charge is 0.497 e. The molecule has 0 saturated carbocycles. The summed E-state index contributed by atoms with van der Waals surface area (Å²) in [7, 11) is -0.755. The molecule has 0 unspecified atom stereocenters. The molecule has 3 aromatic rings. The van der Waals surface area contributed by atoms with Crippen molar-refractivity contribution in [1.29, 1.82) is 0 Å². The van der Waals surface area contributed by atoms with Gasteiger partial charge in [0.15, 0.2) is 0 Å². The van der Waals surface area contributed by atoms with Crippen molar-refractivity contribution in [3.63, 3.8) is 0 Å². The molecule has 50 heavy (non-hydrogen) atoms. The Morgan fingerprint density at radius 2 is 0.700 bits per heavy atom. The summed E-state index contributed by atoms with van der Waals surface area (Å²) in [6, 6.07) is 12.9. The van der Waals surface area contributed by atoms with E-state index in [2.05, 4.69) is 0 Å². The first-order valence-corrected chi connectivity index (χ1v) is 14.6. The topological polar surface area (TPSA) is 54.0 Å². The van der Waals surface area contributed by atoms with Crippen molar-refractivity contribution in [3.05, 3.63) is 72.8 Å². The van der Waals surface area contributed by atoms with Crippen molar-refractivity contribution >= 4 is 16.3 Å². The molecular weight excluding hydrogens is 745 g/mol. The Morgan fingerprint density at radius 1 is 0.440 bits per heavy atom. The number of rotatable bonds is 13. The van der Waals surface area contributed by atoms with E-state index in [0.29, 0.717) is 0 Å². The molecule has 3 aromatic carbocycles. The second kappa shape index (κ2) is 13.2. The highest BCUT2D eigenvalue weighted by Crippen LogP contribution is 2.71. The number of hydrogen-bond acceptors (Lipinski definition) is 5. The minimum Gasteiger partial charge on any atom is -0.497 e. The van der Waals surface area contributed by atoms with E-state index in [4.69, 9.17) is 18.4 Å². The zero-order valence-electron chi connectivity index (χ0n) is 25.0. The summed E-state index contributed by atoms with van der Waals surface area (Å²) in [6.45, 7) is 0. The summed E-state index contributed by atoms with van der Waals surface area (Å²) in [5.41, 5.74) is 0. The first-order chi connectivity index (χ1) is 22.7. The molecule has 21 heteroatoms. The Morgan fingerprint density at radius 3 is 0.960 bits per heavy atom. The molecule has 5 nitrogen and oxygen atoms in total. The van der Waals surface area contributed by atoms with Crippen molar-refractivity contribution in [2.45, 2.75) is 56.4 Å². The van der Waals surface area contributed by atoms with Crippen LogP contribution in [0.25, 0.3) is 0 Å². The van der Waals surface area contributed by atoms with Crippen molar-refractivity contribution in [2.75, 3.05) is 21.3 Å². The van der Waals surface area contributed by atoms with Crippen molar-refractivity contribution < 1.29 is 89.0 Å². The fraction of sp³-hybridized carbons (Fsp3) is 0.345. The van der Waals surface area contributed by atoms with E-state index in [1.54, 1.807) is 0 Å². The van der Waals surface area contributed by atoms with Gasteiger partial charge < -0.3 is 18.4 Å². The molecule has 3 rings (SSSR count). The summed E-state index contributed by atoms with van der Waals surface area (Å²) in [4.78, 5) is 11.9. The summed E-state index contributed by atoms with van der Waals surface area (Å²) < 4.78 is 229. The molecule has 0 heterocycles. The lowest BCUT2D eigenvalue weighted by molar-refractivity contribution is -0.450. The molecule has 0 amide bonds. The van der Waals surface area contributed by atoms with Gasteiger partial charge in [-0.15, -0.1) is 0 Å². The van der Waals surface area contributed by atoms with E-state index in [1.165, 1.54) is 21.3 Å². The van der Waals surface area contributed by atoms with Crippen LogP contribution >= 0.6 is 10.3 Å². The van der Waals surface area contributed by atoms with Gasteiger partial charge in [-0.25, -0.2) is 4.79 Å². The molecule has 0 spiro atoms. The molecule has 278 valence electrons. The number of ether oxygens (including phenoxy) is 3. The third kappa shape index (κ3) is 6.10. The van der Waals surface area contributed by atoms with E-state index < -0.39 is 58.0 Å². The van der Waals surface area contributed by atoms with Crippen LogP contribution < -0.4 is 14.2 Å². The summed E-state index contributed by atoms with van der Waals surface area (Å²) in [6.07, 6.45) is -7.77. The van der Waals surface area contributed by atoms with Gasteiger partial charge in [-0.3, -0.25) is 0 Å².